The normalized spacial score (nSPS) is 9.93. The van der Waals surface area contributed by atoms with Gasteiger partial charge in [0.15, 0.2) is 0 Å². The highest BCUT2D eigenvalue weighted by atomic mass is 127. The van der Waals surface area contributed by atoms with Crippen molar-refractivity contribution in [3.8, 4) is 0 Å². The van der Waals surface area contributed by atoms with Gasteiger partial charge in [-0.15, -0.1) is 5.73 Å². The van der Waals surface area contributed by atoms with E-state index in [1.807, 2.05) is 30.4 Å². The zero-order valence-corrected chi connectivity index (χ0v) is 10.6. The van der Waals surface area contributed by atoms with E-state index in [9.17, 15) is 0 Å². The summed E-state index contributed by atoms with van der Waals surface area (Å²) in [4.78, 5) is 0. The highest BCUT2D eigenvalue weighted by molar-refractivity contribution is 14.1. The van der Waals surface area contributed by atoms with Gasteiger partial charge in [-0.1, -0.05) is 77.1 Å². The lowest BCUT2D eigenvalue weighted by molar-refractivity contribution is 1.79. The molecule has 15 heavy (non-hydrogen) atoms. The summed E-state index contributed by atoms with van der Waals surface area (Å²) >= 11 is 2.30. The van der Waals surface area contributed by atoms with Crippen LogP contribution >= 0.6 is 22.6 Å². The van der Waals surface area contributed by atoms with Crippen LogP contribution < -0.4 is 0 Å². The maximum atomic E-state index is 3.42. The number of rotatable bonds is 5. The maximum absolute atomic E-state index is 3.42. The highest BCUT2D eigenvalue weighted by Crippen LogP contribution is 1.85. The lowest BCUT2D eigenvalue weighted by Gasteiger charge is -1.72. The molecular formula is C14H13I. The number of halogens is 1. The van der Waals surface area contributed by atoms with Gasteiger partial charge < -0.3 is 0 Å². The van der Waals surface area contributed by atoms with Gasteiger partial charge in [-0.3, -0.25) is 0 Å². The van der Waals surface area contributed by atoms with Gasteiger partial charge in [-0.05, 0) is 18.2 Å². The Labute approximate surface area is 105 Å². The standard InChI is InChI=1S/C14H13I/c1-2-3-4-5-6-7-8-9-10-11-12-13-14-15/h3-4,7-13H,1,14H2/b7-4?,9-8?,11-10+,13-12?. The minimum absolute atomic E-state index is 1.04. The van der Waals surface area contributed by atoms with Crippen molar-refractivity contribution in [2.24, 2.45) is 0 Å². The molecule has 0 spiro atoms. The van der Waals surface area contributed by atoms with Crippen LogP contribution in [0.1, 0.15) is 0 Å². The molecule has 76 valence electrons. The summed E-state index contributed by atoms with van der Waals surface area (Å²) < 4.78 is 1.04. The van der Waals surface area contributed by atoms with Crippen molar-refractivity contribution in [3.63, 3.8) is 0 Å². The van der Waals surface area contributed by atoms with Crippen LogP contribution in [0.3, 0.4) is 0 Å². The molecule has 0 saturated carbocycles. The minimum atomic E-state index is 1.04. The van der Waals surface area contributed by atoms with Crippen LogP contribution in [0.5, 0.6) is 0 Å². The number of hydrogen-bond donors (Lipinski definition) is 0. The molecule has 0 aliphatic carbocycles. The first-order valence-electron chi connectivity index (χ1n) is 4.48. The van der Waals surface area contributed by atoms with Gasteiger partial charge in [0.25, 0.3) is 0 Å². The Bertz CT molecular complexity index is 376. The Hall–Kier alpha value is -1.23. The summed E-state index contributed by atoms with van der Waals surface area (Å²) in [7, 11) is 0. The molecule has 1 heteroatoms. The number of allylic oxidation sites excluding steroid dienone is 9. The van der Waals surface area contributed by atoms with Crippen LogP contribution in [0.15, 0.2) is 78.5 Å². The Morgan fingerprint density at radius 1 is 0.867 bits per heavy atom. The molecule has 0 rings (SSSR count). The van der Waals surface area contributed by atoms with Gasteiger partial charge >= 0.3 is 0 Å². The molecule has 0 aromatic rings. The van der Waals surface area contributed by atoms with Gasteiger partial charge in [0.1, 0.15) is 0 Å². The van der Waals surface area contributed by atoms with Gasteiger partial charge in [-0.25, -0.2) is 0 Å². The summed E-state index contributed by atoms with van der Waals surface area (Å²) in [5, 5.41) is 0. The molecule has 0 nitrogen and oxygen atoms in total. The van der Waals surface area contributed by atoms with Gasteiger partial charge in [0.2, 0.25) is 0 Å². The van der Waals surface area contributed by atoms with Gasteiger partial charge in [0.05, 0.1) is 0 Å². The molecule has 0 saturated heterocycles. The number of alkyl halides is 1. The summed E-state index contributed by atoms with van der Waals surface area (Å²) in [6.07, 6.45) is 17.1. The summed E-state index contributed by atoms with van der Waals surface area (Å²) in [5.74, 6) is 0. The maximum Gasteiger partial charge on any atom is 0.0178 e. The molecule has 0 unspecified atom stereocenters. The largest absolute Gasteiger partial charge is 0.128 e. The lowest BCUT2D eigenvalue weighted by Crippen LogP contribution is -1.54. The summed E-state index contributed by atoms with van der Waals surface area (Å²) in [5.41, 5.74) is 8.29. The van der Waals surface area contributed by atoms with E-state index < -0.39 is 0 Å². The number of hydrogen-bond acceptors (Lipinski definition) is 0. The fourth-order valence-electron chi connectivity index (χ4n) is 0.623. The van der Waals surface area contributed by atoms with Crippen LogP contribution in [0.2, 0.25) is 0 Å². The third-order valence-electron chi connectivity index (χ3n) is 1.22. The molecule has 0 aromatic heterocycles. The molecule has 0 radical (unpaired) electrons. The van der Waals surface area contributed by atoms with Crippen LogP contribution in [-0.4, -0.2) is 4.43 Å². The van der Waals surface area contributed by atoms with Crippen LogP contribution in [0, 0.1) is 0 Å². The topological polar surface area (TPSA) is 0 Å². The van der Waals surface area contributed by atoms with E-state index in [1.165, 1.54) is 0 Å². The van der Waals surface area contributed by atoms with Gasteiger partial charge in [0, 0.05) is 4.43 Å². The zero-order valence-electron chi connectivity index (χ0n) is 8.49. The monoisotopic (exact) mass is 308 g/mol. The third-order valence-corrected chi connectivity index (χ3v) is 1.73. The first-order valence-corrected chi connectivity index (χ1v) is 6.00. The average Bonchev–Trinajstić information content (AvgIpc) is 2.26. The smallest absolute Gasteiger partial charge is 0.0178 e. The van der Waals surface area contributed by atoms with Crippen molar-refractivity contribution in [2.75, 3.05) is 4.43 Å². The predicted octanol–water partition coefficient (Wildman–Crippen LogP) is 4.30. The average molecular weight is 308 g/mol. The quantitative estimate of drug-likeness (QED) is 0.307. The zero-order chi connectivity index (χ0) is 11.2. The second-order valence-electron chi connectivity index (χ2n) is 2.35. The Morgan fingerprint density at radius 2 is 1.53 bits per heavy atom. The van der Waals surface area contributed by atoms with Crippen LogP contribution in [0.4, 0.5) is 0 Å². The van der Waals surface area contributed by atoms with Crippen molar-refractivity contribution in [1.82, 2.24) is 0 Å². The summed E-state index contributed by atoms with van der Waals surface area (Å²) in [6, 6.07) is 0. The Morgan fingerprint density at radius 3 is 2.27 bits per heavy atom. The SMILES string of the molecule is C=C=CC=C=C=CC=C/C=C/C=CCI. The Kier molecular flexibility index (Phi) is 11.7. The second-order valence-corrected chi connectivity index (χ2v) is 3.23. The minimum Gasteiger partial charge on any atom is -0.128 e. The second kappa shape index (κ2) is 12.8. The van der Waals surface area contributed by atoms with E-state index in [2.05, 4.69) is 52.4 Å². The van der Waals surface area contributed by atoms with Crippen molar-refractivity contribution in [2.45, 2.75) is 0 Å². The van der Waals surface area contributed by atoms with E-state index in [-0.39, 0.29) is 0 Å². The molecule has 0 amide bonds. The molecule has 0 bridgehead atoms. The third kappa shape index (κ3) is 12.8. The van der Waals surface area contributed by atoms with E-state index >= 15 is 0 Å². The van der Waals surface area contributed by atoms with Crippen LogP contribution in [0.25, 0.3) is 0 Å². The van der Waals surface area contributed by atoms with E-state index in [1.54, 1.807) is 18.2 Å². The fourth-order valence-corrected chi connectivity index (χ4v) is 0.917. The molecule has 0 aliphatic rings. The Balaban J connectivity index is 3.99. The van der Waals surface area contributed by atoms with E-state index in [0.29, 0.717) is 0 Å². The molecule has 0 fully saturated rings. The van der Waals surface area contributed by atoms with E-state index in [0.717, 1.165) is 4.43 Å². The molecule has 0 aliphatic heterocycles. The van der Waals surface area contributed by atoms with E-state index in [4.69, 9.17) is 0 Å². The molecule has 0 heterocycles. The van der Waals surface area contributed by atoms with Crippen LogP contribution in [-0.2, 0) is 0 Å². The van der Waals surface area contributed by atoms with Gasteiger partial charge in [-0.2, -0.15) is 0 Å². The molecule has 0 aromatic carbocycles. The highest BCUT2D eigenvalue weighted by Gasteiger charge is 1.63. The molecular weight excluding hydrogens is 295 g/mol. The van der Waals surface area contributed by atoms with Crippen molar-refractivity contribution in [1.29, 1.82) is 0 Å². The molecule has 0 atom stereocenters. The van der Waals surface area contributed by atoms with Crippen molar-refractivity contribution in [3.05, 3.63) is 78.5 Å². The summed E-state index contributed by atoms with van der Waals surface area (Å²) in [6.45, 7) is 3.42. The fraction of sp³-hybridized carbons (Fsp3) is 0.0714. The van der Waals surface area contributed by atoms with Crippen molar-refractivity contribution >= 4 is 22.6 Å². The predicted molar refractivity (Wildman–Crippen MR) is 76.2 cm³/mol. The first kappa shape index (κ1) is 13.8. The molecule has 0 N–H and O–H groups in total. The van der Waals surface area contributed by atoms with Crippen molar-refractivity contribution < 1.29 is 0 Å². The lowest BCUT2D eigenvalue weighted by atomic mass is 10.4. The first-order chi connectivity index (χ1) is 7.41.